The first-order valence-corrected chi connectivity index (χ1v) is 12.5. The van der Waals surface area contributed by atoms with Crippen molar-refractivity contribution in [1.29, 1.82) is 5.26 Å². The SMILES string of the molecule is Cc1cccc(C)c1N1C[C@@](CN2CCCCC2)(C(=O)Nc2cc(C#N)cc(C(F)(F)F)c2)[C@H](C)C1=O. The van der Waals surface area contributed by atoms with E-state index in [9.17, 15) is 28.0 Å². The van der Waals surface area contributed by atoms with E-state index < -0.39 is 29.0 Å². The zero-order valence-electron chi connectivity index (χ0n) is 21.3. The number of hydrogen-bond acceptors (Lipinski definition) is 4. The van der Waals surface area contributed by atoms with Gasteiger partial charge in [0.1, 0.15) is 0 Å². The van der Waals surface area contributed by atoms with Crippen molar-refractivity contribution in [2.24, 2.45) is 11.3 Å². The zero-order valence-corrected chi connectivity index (χ0v) is 21.3. The molecular formula is C28H31F3N4O2. The van der Waals surface area contributed by atoms with Crippen LogP contribution in [-0.4, -0.2) is 42.9 Å². The highest BCUT2D eigenvalue weighted by molar-refractivity contribution is 6.08. The summed E-state index contributed by atoms with van der Waals surface area (Å²) < 4.78 is 40.4. The van der Waals surface area contributed by atoms with Crippen molar-refractivity contribution in [2.75, 3.05) is 36.4 Å². The predicted molar refractivity (Wildman–Crippen MR) is 135 cm³/mol. The van der Waals surface area contributed by atoms with Crippen molar-refractivity contribution in [3.63, 3.8) is 0 Å². The number of carbonyl (C=O) groups excluding carboxylic acids is 2. The van der Waals surface area contributed by atoms with Crippen LogP contribution in [0.5, 0.6) is 0 Å². The minimum atomic E-state index is -4.67. The molecule has 0 unspecified atom stereocenters. The van der Waals surface area contributed by atoms with Crippen LogP contribution in [0.1, 0.15) is 48.4 Å². The number of rotatable bonds is 5. The Bertz CT molecular complexity index is 1230. The van der Waals surface area contributed by atoms with Crippen LogP contribution >= 0.6 is 0 Å². The molecular weight excluding hydrogens is 481 g/mol. The molecule has 0 radical (unpaired) electrons. The summed E-state index contributed by atoms with van der Waals surface area (Å²) in [4.78, 5) is 31.5. The fraction of sp³-hybridized carbons (Fsp3) is 0.464. The van der Waals surface area contributed by atoms with Crippen molar-refractivity contribution >= 4 is 23.2 Å². The Morgan fingerprint density at radius 1 is 1.14 bits per heavy atom. The minimum Gasteiger partial charge on any atom is -0.325 e. The maximum absolute atomic E-state index is 14.0. The van der Waals surface area contributed by atoms with Gasteiger partial charge in [-0.2, -0.15) is 18.4 Å². The number of piperidine rings is 1. The average Bonchev–Trinajstić information content (AvgIpc) is 3.10. The van der Waals surface area contributed by atoms with Gasteiger partial charge in [-0.3, -0.25) is 9.59 Å². The second kappa shape index (κ2) is 10.2. The first-order chi connectivity index (χ1) is 17.5. The van der Waals surface area contributed by atoms with Gasteiger partial charge in [0.05, 0.1) is 28.5 Å². The third-order valence-electron chi connectivity index (χ3n) is 7.67. The van der Waals surface area contributed by atoms with Gasteiger partial charge in [-0.05, 0) is 69.1 Å². The monoisotopic (exact) mass is 512 g/mol. The third kappa shape index (κ3) is 5.21. The molecule has 0 aliphatic carbocycles. The number of halogens is 3. The van der Waals surface area contributed by atoms with E-state index in [1.165, 1.54) is 6.07 Å². The summed E-state index contributed by atoms with van der Waals surface area (Å²) in [6.07, 6.45) is -1.60. The van der Waals surface area contributed by atoms with Gasteiger partial charge in [-0.25, -0.2) is 0 Å². The van der Waals surface area contributed by atoms with Crippen LogP contribution in [0.3, 0.4) is 0 Å². The number of amides is 2. The lowest BCUT2D eigenvalue weighted by atomic mass is 9.76. The topological polar surface area (TPSA) is 76.4 Å². The van der Waals surface area contributed by atoms with E-state index in [1.54, 1.807) is 17.9 Å². The molecule has 2 aromatic carbocycles. The number of aryl methyl sites for hydroxylation is 2. The van der Waals surface area contributed by atoms with E-state index in [0.29, 0.717) is 6.54 Å². The first-order valence-electron chi connectivity index (χ1n) is 12.5. The molecule has 4 rings (SSSR count). The minimum absolute atomic E-state index is 0.112. The Hall–Kier alpha value is -3.38. The molecule has 2 aromatic rings. The molecule has 2 heterocycles. The highest BCUT2D eigenvalue weighted by Gasteiger charge is 2.56. The molecule has 0 aromatic heterocycles. The molecule has 6 nitrogen and oxygen atoms in total. The van der Waals surface area contributed by atoms with E-state index in [4.69, 9.17) is 0 Å². The molecule has 37 heavy (non-hydrogen) atoms. The van der Waals surface area contributed by atoms with E-state index in [2.05, 4.69) is 10.2 Å². The van der Waals surface area contributed by atoms with E-state index in [1.807, 2.05) is 32.0 Å². The van der Waals surface area contributed by atoms with Crippen LogP contribution in [0.15, 0.2) is 36.4 Å². The van der Waals surface area contributed by atoms with Crippen LogP contribution in [0.25, 0.3) is 0 Å². The number of hydrogen-bond donors (Lipinski definition) is 1. The summed E-state index contributed by atoms with van der Waals surface area (Å²) in [7, 11) is 0. The zero-order chi connectivity index (χ0) is 27.0. The average molecular weight is 513 g/mol. The number of para-hydroxylation sites is 1. The van der Waals surface area contributed by atoms with Crippen molar-refractivity contribution in [2.45, 2.75) is 46.2 Å². The number of benzene rings is 2. The summed E-state index contributed by atoms with van der Waals surface area (Å²) in [5, 5.41) is 11.9. The highest BCUT2D eigenvalue weighted by Crippen LogP contribution is 2.43. The van der Waals surface area contributed by atoms with Crippen molar-refractivity contribution in [3.05, 3.63) is 58.7 Å². The normalized spacial score (nSPS) is 22.7. The van der Waals surface area contributed by atoms with Gasteiger partial charge in [0.2, 0.25) is 11.8 Å². The fourth-order valence-corrected chi connectivity index (χ4v) is 5.62. The number of nitrogens with one attached hydrogen (secondary N) is 1. The predicted octanol–water partition coefficient (Wildman–Crippen LogP) is 5.29. The number of nitrogens with zero attached hydrogens (tertiary/aromatic N) is 3. The number of alkyl halides is 3. The molecule has 2 aliphatic rings. The van der Waals surface area contributed by atoms with Crippen LogP contribution in [-0.2, 0) is 15.8 Å². The first kappa shape index (κ1) is 26.7. The van der Waals surface area contributed by atoms with Gasteiger partial charge in [-0.1, -0.05) is 31.5 Å². The summed E-state index contributed by atoms with van der Waals surface area (Å²) in [5.41, 5.74) is 0.0580. The lowest BCUT2D eigenvalue weighted by Gasteiger charge is -2.38. The molecule has 196 valence electrons. The van der Waals surface area contributed by atoms with Crippen molar-refractivity contribution < 1.29 is 22.8 Å². The van der Waals surface area contributed by atoms with Gasteiger partial charge in [0.15, 0.2) is 0 Å². The standard InChI is InChI=1S/C28H31F3N4O2/c1-18-8-7-9-19(2)24(18)35-17-27(20(3)25(35)36,16-34-10-5-4-6-11-34)26(37)33-23-13-21(15-32)12-22(14-23)28(29,30)31/h7-9,12-14,20H,4-6,10-11,16-17H2,1-3H3,(H,33,37)/t20-,27-/m1/s1. The van der Waals surface area contributed by atoms with Gasteiger partial charge in [0, 0.05) is 24.5 Å². The number of likely N-dealkylation sites (tertiary alicyclic amines) is 1. The summed E-state index contributed by atoms with van der Waals surface area (Å²) in [6, 6.07) is 10.3. The molecule has 2 fully saturated rings. The molecule has 2 amide bonds. The van der Waals surface area contributed by atoms with Crippen LogP contribution < -0.4 is 10.2 Å². The Labute approximate surface area is 215 Å². The quantitative estimate of drug-likeness (QED) is 0.591. The summed E-state index contributed by atoms with van der Waals surface area (Å²) in [5.74, 6) is -1.41. The molecule has 0 spiro atoms. The number of carbonyl (C=O) groups is 2. The van der Waals surface area contributed by atoms with Crippen LogP contribution in [0.2, 0.25) is 0 Å². The Morgan fingerprint density at radius 2 is 1.78 bits per heavy atom. The van der Waals surface area contributed by atoms with Gasteiger partial charge >= 0.3 is 6.18 Å². The smallest absolute Gasteiger partial charge is 0.325 e. The van der Waals surface area contributed by atoms with E-state index in [-0.39, 0.29) is 23.7 Å². The molecule has 0 saturated carbocycles. The summed E-state index contributed by atoms with van der Waals surface area (Å²) in [6.45, 7) is 7.58. The fourth-order valence-electron chi connectivity index (χ4n) is 5.62. The Balaban J connectivity index is 1.74. The van der Waals surface area contributed by atoms with Gasteiger partial charge in [-0.15, -0.1) is 0 Å². The molecule has 0 bridgehead atoms. The van der Waals surface area contributed by atoms with E-state index >= 15 is 0 Å². The van der Waals surface area contributed by atoms with Crippen molar-refractivity contribution in [3.8, 4) is 6.07 Å². The molecule has 2 atom stereocenters. The van der Waals surface area contributed by atoms with Gasteiger partial charge < -0.3 is 15.1 Å². The number of nitriles is 1. The maximum atomic E-state index is 14.0. The van der Waals surface area contributed by atoms with Gasteiger partial charge in [0.25, 0.3) is 0 Å². The lowest BCUT2D eigenvalue weighted by molar-refractivity contribution is -0.137. The molecule has 1 N–H and O–H groups in total. The van der Waals surface area contributed by atoms with E-state index in [0.717, 1.165) is 61.3 Å². The van der Waals surface area contributed by atoms with Crippen molar-refractivity contribution in [1.82, 2.24) is 4.90 Å². The van der Waals surface area contributed by atoms with Crippen LogP contribution in [0.4, 0.5) is 24.5 Å². The number of anilines is 2. The molecule has 9 heteroatoms. The second-order valence-electron chi connectivity index (χ2n) is 10.2. The third-order valence-corrected chi connectivity index (χ3v) is 7.67. The largest absolute Gasteiger partial charge is 0.416 e. The maximum Gasteiger partial charge on any atom is 0.416 e. The lowest BCUT2D eigenvalue weighted by Crippen LogP contribution is -2.51. The Morgan fingerprint density at radius 3 is 2.38 bits per heavy atom. The summed E-state index contributed by atoms with van der Waals surface area (Å²) >= 11 is 0. The molecule has 2 aliphatic heterocycles. The van der Waals surface area contributed by atoms with Crippen LogP contribution in [0, 0.1) is 36.5 Å². The Kier molecular flexibility index (Phi) is 7.33. The molecule has 2 saturated heterocycles. The highest BCUT2D eigenvalue weighted by atomic mass is 19.4. The second-order valence-corrected chi connectivity index (χ2v) is 10.2.